The van der Waals surface area contributed by atoms with E-state index in [1.807, 2.05) is 32.0 Å². The Kier molecular flexibility index (Phi) is 5.74. The number of hydrogen-bond donors (Lipinski definition) is 2. The Morgan fingerprint density at radius 3 is 2.67 bits per heavy atom. The van der Waals surface area contributed by atoms with Crippen molar-refractivity contribution in [2.75, 3.05) is 27.2 Å². The van der Waals surface area contributed by atoms with Crippen molar-refractivity contribution >= 4 is 21.4 Å². The van der Waals surface area contributed by atoms with E-state index in [0.717, 1.165) is 4.88 Å². The number of sulfonamides is 1. The number of thiophene rings is 1. The van der Waals surface area contributed by atoms with E-state index in [9.17, 15) is 8.42 Å². The first-order valence-corrected chi connectivity index (χ1v) is 8.11. The quantitative estimate of drug-likeness (QED) is 0.766. The molecule has 0 aliphatic rings. The molecule has 3 N–H and O–H groups in total. The molecule has 0 aliphatic heterocycles. The monoisotopic (exact) mass is 291 g/mol. The highest BCUT2D eigenvalue weighted by Gasteiger charge is 2.17. The lowest BCUT2D eigenvalue weighted by molar-refractivity contribution is 0.314. The largest absolute Gasteiger partial charge is 0.330 e. The van der Waals surface area contributed by atoms with Crippen molar-refractivity contribution in [3.8, 4) is 0 Å². The van der Waals surface area contributed by atoms with Crippen LogP contribution < -0.4 is 10.5 Å². The lowest BCUT2D eigenvalue weighted by Gasteiger charge is -2.19. The van der Waals surface area contributed by atoms with E-state index in [4.69, 9.17) is 5.73 Å². The van der Waals surface area contributed by atoms with Gasteiger partial charge in [-0.2, -0.15) is 0 Å². The molecule has 1 heterocycles. The summed E-state index contributed by atoms with van der Waals surface area (Å²) >= 11 is 1.28. The summed E-state index contributed by atoms with van der Waals surface area (Å²) in [4.78, 5) is 2.97. The third kappa shape index (κ3) is 4.33. The highest BCUT2D eigenvalue weighted by Crippen LogP contribution is 2.21. The van der Waals surface area contributed by atoms with Crippen LogP contribution in [0, 0.1) is 0 Å². The van der Waals surface area contributed by atoms with Crippen molar-refractivity contribution in [2.24, 2.45) is 5.73 Å². The van der Waals surface area contributed by atoms with Gasteiger partial charge in [-0.05, 0) is 46.1 Å². The number of nitrogens with two attached hydrogens (primary N) is 1. The minimum atomic E-state index is -3.39. The summed E-state index contributed by atoms with van der Waals surface area (Å²) in [5.41, 5.74) is 5.45. The maximum Gasteiger partial charge on any atom is 0.250 e. The highest BCUT2D eigenvalue weighted by molar-refractivity contribution is 7.91. The van der Waals surface area contributed by atoms with Crippen LogP contribution in [0.15, 0.2) is 16.3 Å². The molecule has 18 heavy (non-hydrogen) atoms. The molecule has 0 bridgehead atoms. The van der Waals surface area contributed by atoms with Gasteiger partial charge in [0, 0.05) is 17.5 Å². The van der Waals surface area contributed by atoms with Gasteiger partial charge in [-0.3, -0.25) is 0 Å². The van der Waals surface area contributed by atoms with Gasteiger partial charge in [-0.1, -0.05) is 0 Å². The fraction of sp³-hybridized carbons (Fsp3) is 0.636. The van der Waals surface area contributed by atoms with E-state index in [1.165, 1.54) is 11.3 Å². The topological polar surface area (TPSA) is 75.4 Å². The molecule has 1 atom stereocenters. The molecular formula is C11H21N3O2S2. The molecule has 1 aromatic rings. The maximum atomic E-state index is 12.0. The van der Waals surface area contributed by atoms with Gasteiger partial charge < -0.3 is 10.6 Å². The average Bonchev–Trinajstić information content (AvgIpc) is 2.75. The van der Waals surface area contributed by atoms with E-state index in [2.05, 4.69) is 4.72 Å². The predicted molar refractivity (Wildman–Crippen MR) is 75.4 cm³/mol. The van der Waals surface area contributed by atoms with Crippen LogP contribution >= 0.6 is 11.3 Å². The molecule has 1 aromatic heterocycles. The molecule has 0 fully saturated rings. The first-order valence-electron chi connectivity index (χ1n) is 5.81. The zero-order chi connectivity index (χ0) is 13.8. The molecule has 1 unspecified atom stereocenters. The van der Waals surface area contributed by atoms with Crippen LogP contribution in [0.1, 0.15) is 11.8 Å². The van der Waals surface area contributed by atoms with Crippen LogP contribution in [-0.2, 0) is 16.4 Å². The SMILES string of the molecule is CC(CNS(=O)(=O)c1ccc(CCN)s1)N(C)C. The molecule has 0 amide bonds. The Bertz CT molecular complexity index is 468. The fourth-order valence-corrected chi connectivity index (χ4v) is 3.80. The van der Waals surface area contributed by atoms with Crippen molar-refractivity contribution in [3.63, 3.8) is 0 Å². The van der Waals surface area contributed by atoms with Gasteiger partial charge in [0.2, 0.25) is 10.0 Å². The van der Waals surface area contributed by atoms with Gasteiger partial charge >= 0.3 is 0 Å². The van der Waals surface area contributed by atoms with Crippen molar-refractivity contribution in [1.29, 1.82) is 0 Å². The minimum Gasteiger partial charge on any atom is -0.330 e. The molecule has 0 radical (unpaired) electrons. The average molecular weight is 291 g/mol. The van der Waals surface area contributed by atoms with Crippen LogP contribution in [-0.4, -0.2) is 46.5 Å². The predicted octanol–water partition coefficient (Wildman–Crippen LogP) is 0.478. The number of nitrogens with one attached hydrogen (secondary N) is 1. The summed E-state index contributed by atoms with van der Waals surface area (Å²) < 4.78 is 27.0. The molecule has 7 heteroatoms. The third-order valence-corrected chi connectivity index (χ3v) is 5.80. The van der Waals surface area contributed by atoms with Gasteiger partial charge in [0.1, 0.15) is 4.21 Å². The number of hydrogen-bond acceptors (Lipinski definition) is 5. The van der Waals surface area contributed by atoms with Crippen molar-refractivity contribution in [3.05, 3.63) is 17.0 Å². The Balaban J connectivity index is 2.68. The third-order valence-electron chi connectivity index (χ3n) is 2.74. The molecule has 0 aliphatic carbocycles. The molecular weight excluding hydrogens is 270 g/mol. The van der Waals surface area contributed by atoms with Crippen LogP contribution in [0.2, 0.25) is 0 Å². The Morgan fingerprint density at radius 1 is 1.44 bits per heavy atom. The number of likely N-dealkylation sites (N-methyl/N-ethyl adjacent to an activating group) is 1. The zero-order valence-corrected chi connectivity index (χ0v) is 12.6. The lowest BCUT2D eigenvalue weighted by Crippen LogP contribution is -2.37. The smallest absolute Gasteiger partial charge is 0.250 e. The number of nitrogens with zero attached hydrogens (tertiary/aromatic N) is 1. The van der Waals surface area contributed by atoms with E-state index in [1.54, 1.807) is 6.07 Å². The summed E-state index contributed by atoms with van der Waals surface area (Å²) in [7, 11) is 0.455. The molecule has 104 valence electrons. The minimum absolute atomic E-state index is 0.156. The second-order valence-electron chi connectivity index (χ2n) is 4.42. The Morgan fingerprint density at radius 2 is 2.11 bits per heavy atom. The van der Waals surface area contributed by atoms with Crippen LogP contribution in [0.5, 0.6) is 0 Å². The Labute approximate surface area is 113 Å². The van der Waals surface area contributed by atoms with Gasteiger partial charge in [0.15, 0.2) is 0 Å². The first kappa shape index (κ1) is 15.6. The van der Waals surface area contributed by atoms with Crippen LogP contribution in [0.4, 0.5) is 0 Å². The number of rotatable bonds is 7. The lowest BCUT2D eigenvalue weighted by atomic mass is 10.3. The summed E-state index contributed by atoms with van der Waals surface area (Å²) in [6.07, 6.45) is 0.717. The van der Waals surface area contributed by atoms with Crippen molar-refractivity contribution in [1.82, 2.24) is 9.62 Å². The Hall–Kier alpha value is -0.470. The van der Waals surface area contributed by atoms with Crippen molar-refractivity contribution < 1.29 is 8.42 Å². The molecule has 0 aromatic carbocycles. The van der Waals surface area contributed by atoms with E-state index in [-0.39, 0.29) is 6.04 Å². The first-order chi connectivity index (χ1) is 8.36. The van der Waals surface area contributed by atoms with Gasteiger partial charge in [-0.15, -0.1) is 11.3 Å². The normalized spacial score (nSPS) is 14.1. The molecule has 1 rings (SSSR count). The standard InChI is InChI=1S/C11H21N3O2S2/c1-9(14(2)3)8-13-18(15,16)11-5-4-10(17-11)6-7-12/h4-5,9,13H,6-8,12H2,1-3H3. The van der Waals surface area contributed by atoms with Crippen LogP contribution in [0.25, 0.3) is 0 Å². The van der Waals surface area contributed by atoms with E-state index < -0.39 is 10.0 Å². The zero-order valence-electron chi connectivity index (χ0n) is 11.0. The second-order valence-corrected chi connectivity index (χ2v) is 7.59. The maximum absolute atomic E-state index is 12.0. The van der Waals surface area contributed by atoms with Gasteiger partial charge in [0.05, 0.1) is 0 Å². The highest BCUT2D eigenvalue weighted by atomic mass is 32.2. The molecule has 0 spiro atoms. The van der Waals surface area contributed by atoms with Crippen LogP contribution in [0.3, 0.4) is 0 Å². The summed E-state index contributed by atoms with van der Waals surface area (Å²) in [5.74, 6) is 0. The van der Waals surface area contributed by atoms with E-state index in [0.29, 0.717) is 23.7 Å². The molecule has 0 saturated heterocycles. The van der Waals surface area contributed by atoms with Gasteiger partial charge in [0.25, 0.3) is 0 Å². The molecule has 0 saturated carbocycles. The summed E-state index contributed by atoms with van der Waals surface area (Å²) in [5, 5.41) is 0. The summed E-state index contributed by atoms with van der Waals surface area (Å²) in [6.45, 7) is 2.90. The van der Waals surface area contributed by atoms with Crippen molar-refractivity contribution in [2.45, 2.75) is 23.6 Å². The molecule has 5 nitrogen and oxygen atoms in total. The van der Waals surface area contributed by atoms with Gasteiger partial charge in [-0.25, -0.2) is 13.1 Å². The fourth-order valence-electron chi connectivity index (χ4n) is 1.26. The second kappa shape index (κ2) is 6.63. The van der Waals surface area contributed by atoms with E-state index >= 15 is 0 Å². The summed E-state index contributed by atoms with van der Waals surface area (Å²) in [6, 6.07) is 3.61.